The maximum atomic E-state index is 14.3. The number of primary amides is 1. The number of β-amino-alcohol motifs (C(OH)–C–C–N with tert-alkyl or cyclic N) is 1. The highest BCUT2D eigenvalue weighted by atomic mass is 16.4. The number of phenols is 1. The minimum absolute atomic E-state index is 0.0377. The first-order valence-electron chi connectivity index (χ1n) is 26.0. The van der Waals surface area contributed by atoms with Gasteiger partial charge in [-0.2, -0.15) is 0 Å². The van der Waals surface area contributed by atoms with Gasteiger partial charge >= 0.3 is 0 Å². The van der Waals surface area contributed by atoms with E-state index >= 15 is 0 Å². The van der Waals surface area contributed by atoms with Gasteiger partial charge in [0, 0.05) is 32.4 Å². The fraction of sp³-hybridized carbons (Fsp3) is 0.740. The number of nitrogens with two attached hydrogens (primary N) is 2. The summed E-state index contributed by atoms with van der Waals surface area (Å²) in [5.74, 6) is -6.42. The second-order valence-corrected chi connectivity index (χ2v) is 20.5. The number of amides is 7. The van der Waals surface area contributed by atoms with Crippen molar-refractivity contribution >= 4 is 41.4 Å². The van der Waals surface area contributed by atoms with Gasteiger partial charge in [-0.1, -0.05) is 77.8 Å². The van der Waals surface area contributed by atoms with Gasteiger partial charge in [0.05, 0.1) is 24.4 Å². The molecule has 16 N–H and O–H groups in total. The Labute approximate surface area is 431 Å². The summed E-state index contributed by atoms with van der Waals surface area (Å²) in [5, 5.41) is 104. The van der Waals surface area contributed by atoms with Crippen LogP contribution in [0.3, 0.4) is 0 Å². The summed E-state index contributed by atoms with van der Waals surface area (Å²) < 4.78 is 0. The van der Waals surface area contributed by atoms with Gasteiger partial charge in [0.15, 0.2) is 6.23 Å². The Morgan fingerprint density at radius 2 is 1.31 bits per heavy atom. The van der Waals surface area contributed by atoms with Crippen LogP contribution in [-0.2, 0) is 33.6 Å². The van der Waals surface area contributed by atoms with E-state index in [0.29, 0.717) is 18.3 Å². The molecule has 0 aliphatic carbocycles. The Bertz CT molecular complexity index is 2030. The predicted molar refractivity (Wildman–Crippen MR) is 265 cm³/mol. The number of hydrogen-bond donors (Lipinski definition) is 14. The summed E-state index contributed by atoms with van der Waals surface area (Å²) in [5.41, 5.74) is 11.0. The molecule has 0 aromatic heterocycles. The van der Waals surface area contributed by atoms with E-state index in [1.807, 2.05) is 0 Å². The molecular formula is C50H82N8O16. The van der Waals surface area contributed by atoms with Crippen LogP contribution in [0.15, 0.2) is 24.3 Å². The number of aliphatic hydroxyl groups excluding tert-OH is 8. The molecule has 74 heavy (non-hydrogen) atoms. The van der Waals surface area contributed by atoms with Crippen LogP contribution in [0.4, 0.5) is 0 Å². The smallest absolute Gasteiger partial charge is 0.248 e. The number of carbonyl (C=O) groups excluding carboxylic acids is 7. The van der Waals surface area contributed by atoms with Crippen molar-refractivity contribution in [2.24, 2.45) is 23.3 Å². The average Bonchev–Trinajstić information content (AvgIpc) is 4.04. The molecule has 3 fully saturated rings. The molecule has 16 unspecified atom stereocenters. The number of aliphatic hydroxyl groups is 8. The third kappa shape index (κ3) is 16.2. The average molecular weight is 1050 g/mol. The van der Waals surface area contributed by atoms with E-state index in [1.165, 1.54) is 18.6 Å². The second kappa shape index (κ2) is 28.7. The number of nitrogens with one attached hydrogen (secondary N) is 3. The monoisotopic (exact) mass is 1050 g/mol. The van der Waals surface area contributed by atoms with Crippen LogP contribution < -0.4 is 27.4 Å². The maximum Gasteiger partial charge on any atom is 0.248 e. The van der Waals surface area contributed by atoms with Crippen molar-refractivity contribution in [2.45, 2.75) is 203 Å². The fourth-order valence-corrected chi connectivity index (χ4v) is 10.1. The molecule has 24 nitrogen and oxygen atoms in total. The molecule has 16 atom stereocenters. The third-order valence-corrected chi connectivity index (χ3v) is 14.6. The predicted octanol–water partition coefficient (Wildman–Crippen LogP) is -2.79. The Balaban J connectivity index is 1.50. The lowest BCUT2D eigenvalue weighted by Gasteiger charge is -2.34. The summed E-state index contributed by atoms with van der Waals surface area (Å²) in [6, 6.07) is -6.05. The van der Waals surface area contributed by atoms with Crippen LogP contribution in [0.1, 0.15) is 129 Å². The van der Waals surface area contributed by atoms with Crippen molar-refractivity contribution in [3.05, 3.63) is 29.8 Å². The Hall–Kier alpha value is -5.05. The lowest BCUT2D eigenvalue weighted by molar-refractivity contribution is -0.151. The van der Waals surface area contributed by atoms with Gasteiger partial charge in [-0.25, -0.2) is 0 Å². The van der Waals surface area contributed by atoms with Gasteiger partial charge in [-0.05, 0) is 68.7 Å². The van der Waals surface area contributed by atoms with Crippen LogP contribution in [0, 0.1) is 11.8 Å². The Morgan fingerprint density at radius 3 is 1.92 bits per heavy atom. The normalized spacial score (nSPS) is 25.5. The van der Waals surface area contributed by atoms with E-state index in [9.17, 15) is 79.5 Å². The standard InChI is InChI=1S/C50H82N8O16/c1-5-26(2)22-27(3)12-10-8-6-7-9-11-13-37(65)58-33(24-36(64)48(58)72)46(70)53-38(28(4)59)49(73)57-25-31(61)23-32(57)45(69)55-40(43(67)42(66)29-14-16-30(60)17-15-29)47(71)54-39(34(62)18-20-51)50(74)56-21-19-35(63)41(56)44(52)68/h14-17,26-28,31-36,38-43,48,59-64,66-67,72H,5-13,18-25,51H2,1-4H3,(H2,52,68)(H,53,70)(H,54,71)(H,55,69). The van der Waals surface area contributed by atoms with Crippen molar-refractivity contribution in [3.63, 3.8) is 0 Å². The topological polar surface area (TPSA) is 399 Å². The number of nitrogens with zero attached hydrogens (tertiary/aromatic N) is 3. The molecule has 24 heteroatoms. The lowest BCUT2D eigenvalue weighted by atomic mass is 9.91. The van der Waals surface area contributed by atoms with Gasteiger partial charge in [-0.15, -0.1) is 0 Å². The van der Waals surface area contributed by atoms with Crippen molar-refractivity contribution in [1.82, 2.24) is 30.7 Å². The minimum Gasteiger partial charge on any atom is -0.508 e. The van der Waals surface area contributed by atoms with E-state index < -0.39 is 146 Å². The van der Waals surface area contributed by atoms with Crippen molar-refractivity contribution < 1.29 is 79.5 Å². The van der Waals surface area contributed by atoms with Crippen LogP contribution in [0.25, 0.3) is 0 Å². The maximum absolute atomic E-state index is 14.3. The van der Waals surface area contributed by atoms with Gasteiger partial charge in [0.2, 0.25) is 41.4 Å². The van der Waals surface area contributed by atoms with Crippen LogP contribution in [-0.4, -0.2) is 201 Å². The number of rotatable bonds is 28. The molecule has 1 aromatic carbocycles. The molecule has 418 valence electrons. The molecule has 7 amide bonds. The summed E-state index contributed by atoms with van der Waals surface area (Å²) in [4.78, 5) is 99.0. The van der Waals surface area contributed by atoms with Gasteiger partial charge < -0.3 is 88.1 Å². The minimum atomic E-state index is -2.29. The Morgan fingerprint density at radius 1 is 0.716 bits per heavy atom. The van der Waals surface area contributed by atoms with Crippen molar-refractivity contribution in [2.75, 3.05) is 19.6 Å². The van der Waals surface area contributed by atoms with Crippen LogP contribution >= 0.6 is 0 Å². The quantitative estimate of drug-likeness (QED) is 0.0377. The van der Waals surface area contributed by atoms with E-state index in [1.54, 1.807) is 0 Å². The van der Waals surface area contributed by atoms with Gasteiger partial charge in [0.1, 0.15) is 60.3 Å². The largest absolute Gasteiger partial charge is 0.508 e. The summed E-state index contributed by atoms with van der Waals surface area (Å²) in [7, 11) is 0. The van der Waals surface area contributed by atoms with E-state index in [4.69, 9.17) is 11.5 Å². The fourth-order valence-electron chi connectivity index (χ4n) is 10.1. The molecule has 0 radical (unpaired) electrons. The number of hydrogen-bond acceptors (Lipinski definition) is 17. The molecule has 3 heterocycles. The summed E-state index contributed by atoms with van der Waals surface area (Å²) >= 11 is 0. The highest BCUT2D eigenvalue weighted by Crippen LogP contribution is 2.29. The molecule has 3 aliphatic rings. The van der Waals surface area contributed by atoms with E-state index in [-0.39, 0.29) is 43.7 Å². The Kier molecular flexibility index (Phi) is 23.9. The number of aromatic hydroxyl groups is 1. The number of phenolic OH excluding ortho intramolecular Hbond substituents is 1. The highest BCUT2D eigenvalue weighted by Gasteiger charge is 2.50. The zero-order valence-corrected chi connectivity index (χ0v) is 42.9. The van der Waals surface area contributed by atoms with Gasteiger partial charge in [-0.3, -0.25) is 33.6 Å². The molecular weight excluding hydrogens is 969 g/mol. The summed E-state index contributed by atoms with van der Waals surface area (Å²) in [6.45, 7) is 6.89. The van der Waals surface area contributed by atoms with Crippen LogP contribution in [0.2, 0.25) is 0 Å². The molecule has 4 rings (SSSR count). The summed E-state index contributed by atoms with van der Waals surface area (Å²) in [6.07, 6.45) is -6.37. The van der Waals surface area contributed by atoms with Gasteiger partial charge in [0.25, 0.3) is 0 Å². The second-order valence-electron chi connectivity index (χ2n) is 20.5. The first kappa shape index (κ1) is 61.5. The SMILES string of the molecule is CCC(C)CC(C)CCCCCCCCC(=O)N1C(C(=O)NC(C(=O)N2CC(O)CC2C(=O)NC(C(=O)NC(C(=O)N2CCC(O)C2C(N)=O)C(O)CCN)C(O)C(O)c2ccc(O)cc2)C(C)O)CC(O)C1O. The number of unbranched alkanes of at least 4 members (excludes halogenated alkanes) is 5. The number of carbonyl (C=O) groups is 7. The molecule has 0 spiro atoms. The number of likely N-dealkylation sites (tertiary alicyclic amines) is 3. The zero-order chi connectivity index (χ0) is 55.1. The van der Waals surface area contributed by atoms with Crippen molar-refractivity contribution in [3.8, 4) is 5.75 Å². The zero-order valence-electron chi connectivity index (χ0n) is 42.9. The first-order chi connectivity index (χ1) is 34.9. The molecule has 1 aromatic rings. The molecule has 0 bridgehead atoms. The molecule has 3 aliphatic heterocycles. The first-order valence-corrected chi connectivity index (χ1v) is 26.0. The number of benzene rings is 1. The lowest BCUT2D eigenvalue weighted by Crippen LogP contribution is -2.64. The van der Waals surface area contributed by atoms with Crippen molar-refractivity contribution in [1.29, 1.82) is 0 Å². The van der Waals surface area contributed by atoms with E-state index in [2.05, 4.69) is 36.7 Å². The highest BCUT2D eigenvalue weighted by molar-refractivity contribution is 5.98. The molecule has 0 saturated carbocycles. The molecule has 3 saturated heterocycles. The third-order valence-electron chi connectivity index (χ3n) is 14.6. The van der Waals surface area contributed by atoms with Crippen LogP contribution in [0.5, 0.6) is 5.75 Å². The van der Waals surface area contributed by atoms with E-state index in [0.717, 1.165) is 78.7 Å².